The van der Waals surface area contributed by atoms with E-state index in [1.807, 2.05) is 18.2 Å². The molecule has 0 unspecified atom stereocenters. The Kier molecular flexibility index (Phi) is 6.03. The SMILES string of the molecule is Cc1cc(Cl)ccc1N(CC(=O)N1CCc2ccccc2C1)S(=O)(=O)c1ccccc1. The quantitative estimate of drug-likeness (QED) is 0.573. The number of aryl methyl sites for hydroxylation is 1. The van der Waals surface area contributed by atoms with Crippen LogP contribution in [0.5, 0.6) is 0 Å². The summed E-state index contributed by atoms with van der Waals surface area (Å²) in [6.07, 6.45) is 0.757. The van der Waals surface area contributed by atoms with Crippen molar-refractivity contribution in [3.05, 3.63) is 94.5 Å². The highest BCUT2D eigenvalue weighted by Crippen LogP contribution is 2.29. The summed E-state index contributed by atoms with van der Waals surface area (Å²) in [5.41, 5.74) is 3.46. The van der Waals surface area contributed by atoms with Crippen LogP contribution < -0.4 is 4.31 Å². The highest BCUT2D eigenvalue weighted by Gasteiger charge is 2.30. The van der Waals surface area contributed by atoms with Crippen LogP contribution >= 0.6 is 11.6 Å². The van der Waals surface area contributed by atoms with Crippen molar-refractivity contribution in [3.63, 3.8) is 0 Å². The van der Waals surface area contributed by atoms with Crippen molar-refractivity contribution >= 4 is 33.2 Å². The molecule has 0 aromatic heterocycles. The van der Waals surface area contributed by atoms with Gasteiger partial charge >= 0.3 is 0 Å². The van der Waals surface area contributed by atoms with E-state index in [9.17, 15) is 13.2 Å². The summed E-state index contributed by atoms with van der Waals surface area (Å²) in [4.78, 5) is 15.1. The summed E-state index contributed by atoms with van der Waals surface area (Å²) in [6, 6.07) is 21.2. The number of rotatable bonds is 5. The van der Waals surface area contributed by atoms with Crippen molar-refractivity contribution in [2.24, 2.45) is 0 Å². The van der Waals surface area contributed by atoms with Gasteiger partial charge in [-0.3, -0.25) is 9.10 Å². The zero-order valence-corrected chi connectivity index (χ0v) is 18.7. The molecule has 1 aliphatic rings. The Morgan fingerprint density at radius 3 is 2.39 bits per heavy atom. The third-order valence-corrected chi connectivity index (χ3v) is 7.53. The first-order valence-corrected chi connectivity index (χ1v) is 11.9. The zero-order valence-electron chi connectivity index (χ0n) is 17.2. The molecule has 0 radical (unpaired) electrons. The largest absolute Gasteiger partial charge is 0.336 e. The Bertz CT molecular complexity index is 1210. The summed E-state index contributed by atoms with van der Waals surface area (Å²) in [5, 5.41) is 0.511. The highest BCUT2D eigenvalue weighted by atomic mass is 35.5. The van der Waals surface area contributed by atoms with Gasteiger partial charge in [0.1, 0.15) is 6.54 Å². The molecule has 0 aliphatic carbocycles. The van der Waals surface area contributed by atoms with E-state index >= 15 is 0 Å². The summed E-state index contributed by atoms with van der Waals surface area (Å²) in [5.74, 6) is -0.233. The minimum Gasteiger partial charge on any atom is -0.336 e. The van der Waals surface area contributed by atoms with Crippen LogP contribution in [0, 0.1) is 6.92 Å². The van der Waals surface area contributed by atoms with E-state index in [0.29, 0.717) is 29.4 Å². The average Bonchev–Trinajstić information content (AvgIpc) is 2.78. The molecule has 31 heavy (non-hydrogen) atoms. The summed E-state index contributed by atoms with van der Waals surface area (Å²) < 4.78 is 28.2. The monoisotopic (exact) mass is 454 g/mol. The van der Waals surface area contributed by atoms with Crippen molar-refractivity contribution < 1.29 is 13.2 Å². The van der Waals surface area contributed by atoms with Crippen LogP contribution in [0.15, 0.2) is 77.7 Å². The lowest BCUT2D eigenvalue weighted by atomic mass is 10.00. The lowest BCUT2D eigenvalue weighted by molar-refractivity contribution is -0.130. The maximum absolute atomic E-state index is 13.5. The number of nitrogens with zero attached hydrogens (tertiary/aromatic N) is 2. The first kappa shape index (κ1) is 21.4. The van der Waals surface area contributed by atoms with Crippen molar-refractivity contribution in [2.45, 2.75) is 24.8 Å². The second-order valence-electron chi connectivity index (χ2n) is 7.59. The van der Waals surface area contributed by atoms with Gasteiger partial charge in [0.15, 0.2) is 0 Å². The molecule has 1 heterocycles. The molecule has 0 atom stereocenters. The summed E-state index contributed by atoms with van der Waals surface area (Å²) >= 11 is 6.09. The molecule has 0 spiro atoms. The van der Waals surface area contributed by atoms with Crippen LogP contribution in [0.25, 0.3) is 0 Å². The molecule has 160 valence electrons. The summed E-state index contributed by atoms with van der Waals surface area (Å²) in [6.45, 7) is 2.56. The van der Waals surface area contributed by atoms with Crippen LogP contribution in [-0.4, -0.2) is 32.3 Å². The Labute approximate surface area is 187 Å². The van der Waals surface area contributed by atoms with Crippen LogP contribution in [0.1, 0.15) is 16.7 Å². The van der Waals surface area contributed by atoms with Gasteiger partial charge in [0.25, 0.3) is 10.0 Å². The fraction of sp³-hybridized carbons (Fsp3) is 0.208. The molecule has 3 aromatic rings. The van der Waals surface area contributed by atoms with Gasteiger partial charge < -0.3 is 4.90 Å². The van der Waals surface area contributed by atoms with Crippen molar-refractivity contribution in [2.75, 3.05) is 17.4 Å². The van der Waals surface area contributed by atoms with Crippen LogP contribution in [0.4, 0.5) is 5.69 Å². The Morgan fingerprint density at radius 2 is 1.68 bits per heavy atom. The molecule has 0 fully saturated rings. The summed E-state index contributed by atoms with van der Waals surface area (Å²) in [7, 11) is -3.94. The number of hydrogen-bond acceptors (Lipinski definition) is 3. The van der Waals surface area contributed by atoms with E-state index in [1.54, 1.807) is 48.2 Å². The molecule has 1 amide bonds. The van der Waals surface area contributed by atoms with E-state index < -0.39 is 10.0 Å². The number of anilines is 1. The van der Waals surface area contributed by atoms with Crippen molar-refractivity contribution in [1.82, 2.24) is 4.90 Å². The number of fused-ring (bicyclic) bond motifs is 1. The van der Waals surface area contributed by atoms with E-state index in [1.165, 1.54) is 22.0 Å². The lowest BCUT2D eigenvalue weighted by Gasteiger charge is -2.32. The van der Waals surface area contributed by atoms with Gasteiger partial charge in [0.05, 0.1) is 10.6 Å². The maximum Gasteiger partial charge on any atom is 0.264 e. The molecule has 7 heteroatoms. The Hall–Kier alpha value is -2.83. The van der Waals surface area contributed by atoms with Gasteiger partial charge in [-0.2, -0.15) is 0 Å². The van der Waals surface area contributed by atoms with E-state index in [2.05, 4.69) is 6.07 Å². The fourth-order valence-electron chi connectivity index (χ4n) is 3.85. The normalized spacial score (nSPS) is 13.5. The molecular weight excluding hydrogens is 432 g/mol. The fourth-order valence-corrected chi connectivity index (χ4v) is 5.58. The first-order valence-electron chi connectivity index (χ1n) is 10.0. The molecule has 3 aromatic carbocycles. The minimum atomic E-state index is -3.94. The number of sulfonamides is 1. The van der Waals surface area contributed by atoms with Gasteiger partial charge in [-0.05, 0) is 60.4 Å². The second-order valence-corrected chi connectivity index (χ2v) is 9.89. The lowest BCUT2D eigenvalue weighted by Crippen LogP contribution is -2.45. The van der Waals surface area contributed by atoms with Gasteiger partial charge in [-0.25, -0.2) is 8.42 Å². The average molecular weight is 455 g/mol. The van der Waals surface area contributed by atoms with Gasteiger partial charge in [-0.1, -0.05) is 54.1 Å². The van der Waals surface area contributed by atoms with Gasteiger partial charge in [-0.15, -0.1) is 0 Å². The number of carbonyl (C=O) groups excluding carboxylic acids is 1. The van der Waals surface area contributed by atoms with E-state index in [4.69, 9.17) is 11.6 Å². The molecule has 1 aliphatic heterocycles. The van der Waals surface area contributed by atoms with Crippen molar-refractivity contribution in [1.29, 1.82) is 0 Å². The van der Waals surface area contributed by atoms with Gasteiger partial charge in [0.2, 0.25) is 5.91 Å². The number of carbonyl (C=O) groups is 1. The molecular formula is C24H23ClN2O3S. The van der Waals surface area contributed by atoms with Crippen LogP contribution in [-0.2, 0) is 27.8 Å². The zero-order chi connectivity index (χ0) is 22.0. The Morgan fingerprint density at radius 1 is 1.00 bits per heavy atom. The maximum atomic E-state index is 13.5. The first-order chi connectivity index (χ1) is 14.9. The van der Waals surface area contributed by atoms with Gasteiger partial charge in [0, 0.05) is 18.1 Å². The molecule has 0 N–H and O–H groups in total. The minimum absolute atomic E-state index is 0.140. The third-order valence-electron chi connectivity index (χ3n) is 5.52. The highest BCUT2D eigenvalue weighted by molar-refractivity contribution is 7.92. The number of halogens is 1. The predicted octanol–water partition coefficient (Wildman–Crippen LogP) is 4.43. The van der Waals surface area contributed by atoms with E-state index in [-0.39, 0.29) is 17.3 Å². The molecule has 0 saturated heterocycles. The standard InChI is InChI=1S/C24H23ClN2O3S/c1-18-15-21(25)11-12-23(18)27(31(29,30)22-9-3-2-4-10-22)17-24(28)26-14-13-19-7-5-6-8-20(19)16-26/h2-12,15H,13-14,16-17H2,1H3. The molecule has 5 nitrogen and oxygen atoms in total. The molecule has 0 saturated carbocycles. The number of hydrogen-bond donors (Lipinski definition) is 0. The third kappa shape index (κ3) is 4.45. The predicted molar refractivity (Wildman–Crippen MR) is 123 cm³/mol. The Balaban J connectivity index is 1.68. The van der Waals surface area contributed by atoms with Crippen molar-refractivity contribution in [3.8, 4) is 0 Å². The number of benzene rings is 3. The smallest absolute Gasteiger partial charge is 0.264 e. The van der Waals surface area contributed by atoms with E-state index in [0.717, 1.165) is 12.0 Å². The van der Waals surface area contributed by atoms with Crippen LogP contribution in [0.2, 0.25) is 5.02 Å². The topological polar surface area (TPSA) is 57.7 Å². The molecule has 4 rings (SSSR count). The number of amides is 1. The van der Waals surface area contributed by atoms with Crippen LogP contribution in [0.3, 0.4) is 0 Å². The second kappa shape index (κ2) is 8.73. The molecule has 0 bridgehead atoms.